The van der Waals surface area contributed by atoms with Crippen LogP contribution in [-0.4, -0.2) is 0 Å². The minimum absolute atomic E-state index is 1.12. The zero-order chi connectivity index (χ0) is 25.9. The minimum Gasteiger partial charge on any atom is -0.311 e. The first-order valence-corrected chi connectivity index (χ1v) is 13.0. The molecule has 0 aliphatic carbocycles. The first-order valence-electron chi connectivity index (χ1n) is 13.0. The van der Waals surface area contributed by atoms with Gasteiger partial charge >= 0.3 is 0 Å². The molecule has 0 bridgehead atoms. The van der Waals surface area contributed by atoms with E-state index in [0.717, 1.165) is 22.6 Å². The Kier molecular flexibility index (Phi) is 6.34. The Bertz CT molecular complexity index is 1690. The van der Waals surface area contributed by atoms with E-state index in [0.29, 0.717) is 0 Å². The van der Waals surface area contributed by atoms with Crippen LogP contribution in [0, 0.1) is 6.92 Å². The van der Waals surface area contributed by atoms with Gasteiger partial charge in [0.2, 0.25) is 0 Å². The zero-order valence-corrected chi connectivity index (χ0v) is 21.5. The van der Waals surface area contributed by atoms with Gasteiger partial charge in [-0.05, 0) is 81.9 Å². The number of rotatable bonds is 6. The van der Waals surface area contributed by atoms with E-state index in [2.05, 4.69) is 158 Å². The second-order valence-corrected chi connectivity index (χ2v) is 9.58. The lowest BCUT2D eigenvalue weighted by Gasteiger charge is -2.26. The lowest BCUT2D eigenvalue weighted by Crippen LogP contribution is -2.09. The molecule has 0 saturated carbocycles. The highest BCUT2D eigenvalue weighted by molar-refractivity contribution is 6.01. The van der Waals surface area contributed by atoms with Gasteiger partial charge in [-0.25, -0.2) is 0 Å². The van der Waals surface area contributed by atoms with Crippen molar-refractivity contribution in [2.75, 3.05) is 4.90 Å². The number of anilines is 3. The summed E-state index contributed by atoms with van der Waals surface area (Å²) in [5.41, 5.74) is 10.7. The van der Waals surface area contributed by atoms with Gasteiger partial charge in [0.15, 0.2) is 0 Å². The molecule has 0 aliphatic heterocycles. The summed E-state index contributed by atoms with van der Waals surface area (Å²) in [6.45, 7) is 6.11. The lowest BCUT2D eigenvalue weighted by atomic mass is 9.95. The van der Waals surface area contributed by atoms with Gasteiger partial charge in [-0.1, -0.05) is 121 Å². The number of nitrogens with zero attached hydrogens (tertiary/aromatic N) is 1. The van der Waals surface area contributed by atoms with Crippen molar-refractivity contribution in [1.29, 1.82) is 0 Å². The highest BCUT2D eigenvalue weighted by Gasteiger charge is 2.13. The molecule has 6 aromatic carbocycles. The van der Waals surface area contributed by atoms with E-state index in [4.69, 9.17) is 0 Å². The normalized spacial score (nSPS) is 10.9. The molecule has 0 N–H and O–H groups in total. The summed E-state index contributed by atoms with van der Waals surface area (Å²) < 4.78 is 0. The number of benzene rings is 6. The van der Waals surface area contributed by atoms with Crippen LogP contribution in [0.1, 0.15) is 11.1 Å². The molecule has 0 amide bonds. The highest BCUT2D eigenvalue weighted by atomic mass is 15.1. The molecular weight excluding hydrogens is 458 g/mol. The number of fused-ring (bicyclic) bond motifs is 1. The largest absolute Gasteiger partial charge is 0.311 e. The van der Waals surface area contributed by atoms with Crippen molar-refractivity contribution in [3.05, 3.63) is 157 Å². The summed E-state index contributed by atoms with van der Waals surface area (Å²) in [6.07, 6.45) is 1.93. The molecule has 1 nitrogen and oxygen atoms in total. The maximum atomic E-state index is 3.99. The van der Waals surface area contributed by atoms with Crippen molar-refractivity contribution in [3.63, 3.8) is 0 Å². The molecule has 0 unspecified atom stereocenters. The fourth-order valence-corrected chi connectivity index (χ4v) is 5.12. The Morgan fingerprint density at radius 2 is 0.974 bits per heavy atom. The maximum Gasteiger partial charge on any atom is 0.0462 e. The lowest BCUT2D eigenvalue weighted by molar-refractivity contribution is 1.28. The predicted octanol–water partition coefficient (Wildman–Crippen LogP) is 10.6. The molecule has 0 saturated heterocycles. The van der Waals surface area contributed by atoms with E-state index in [1.54, 1.807) is 0 Å². The molecule has 0 heterocycles. The summed E-state index contributed by atoms with van der Waals surface area (Å²) in [5.74, 6) is 0. The molecule has 0 fully saturated rings. The molecule has 0 radical (unpaired) electrons. The monoisotopic (exact) mass is 487 g/mol. The molecule has 0 aliphatic rings. The van der Waals surface area contributed by atoms with Gasteiger partial charge in [0.05, 0.1) is 0 Å². The number of para-hydroxylation sites is 1. The van der Waals surface area contributed by atoms with Crippen molar-refractivity contribution < 1.29 is 0 Å². The van der Waals surface area contributed by atoms with E-state index < -0.39 is 0 Å². The summed E-state index contributed by atoms with van der Waals surface area (Å²) >= 11 is 0. The van der Waals surface area contributed by atoms with Gasteiger partial charge in [0.1, 0.15) is 0 Å². The van der Waals surface area contributed by atoms with Crippen molar-refractivity contribution >= 4 is 33.9 Å². The highest BCUT2D eigenvalue weighted by Crippen LogP contribution is 2.38. The Morgan fingerprint density at radius 3 is 1.58 bits per heavy atom. The van der Waals surface area contributed by atoms with Crippen molar-refractivity contribution in [3.8, 4) is 22.3 Å². The Morgan fingerprint density at radius 1 is 0.474 bits per heavy atom. The summed E-state index contributed by atoms with van der Waals surface area (Å²) in [4.78, 5) is 2.31. The fraction of sp³-hybridized carbons (Fsp3) is 0.0270. The standard InChI is InChI=1S/C37H29N/c1-3-28-21-26-36(37-12-8-7-11-35(28)37)31-19-24-34(25-20-31)38(32-9-5-4-6-10-32)33-22-17-30(18-23-33)29-15-13-27(2)14-16-29/h3-26H,1H2,2H3. The molecule has 6 rings (SSSR count). The van der Waals surface area contributed by atoms with Crippen LogP contribution in [-0.2, 0) is 0 Å². The van der Waals surface area contributed by atoms with Crippen LogP contribution in [0.2, 0.25) is 0 Å². The SMILES string of the molecule is C=Cc1ccc(-c2ccc(N(c3ccccc3)c3ccc(-c4ccc(C)cc4)cc3)cc2)c2ccccc12. The third-order valence-electron chi connectivity index (χ3n) is 7.14. The maximum absolute atomic E-state index is 3.99. The van der Waals surface area contributed by atoms with Crippen LogP contribution < -0.4 is 4.90 Å². The van der Waals surface area contributed by atoms with Crippen molar-refractivity contribution in [1.82, 2.24) is 0 Å². The smallest absolute Gasteiger partial charge is 0.0462 e. The zero-order valence-electron chi connectivity index (χ0n) is 21.5. The molecule has 182 valence electrons. The van der Waals surface area contributed by atoms with Gasteiger partial charge in [0.25, 0.3) is 0 Å². The summed E-state index contributed by atoms with van der Waals surface area (Å²) in [7, 11) is 0. The van der Waals surface area contributed by atoms with Crippen LogP contribution in [0.4, 0.5) is 17.1 Å². The summed E-state index contributed by atoms with van der Waals surface area (Å²) in [5, 5.41) is 2.47. The Labute approximate surface area is 225 Å². The van der Waals surface area contributed by atoms with Gasteiger partial charge in [-0.3, -0.25) is 0 Å². The number of aryl methyl sites for hydroxylation is 1. The molecular formula is C37H29N. The van der Waals surface area contributed by atoms with Gasteiger partial charge < -0.3 is 4.90 Å². The van der Waals surface area contributed by atoms with Crippen molar-refractivity contribution in [2.24, 2.45) is 0 Å². The van der Waals surface area contributed by atoms with Gasteiger partial charge in [-0.2, -0.15) is 0 Å². The molecule has 1 heteroatoms. The van der Waals surface area contributed by atoms with E-state index in [1.165, 1.54) is 38.6 Å². The van der Waals surface area contributed by atoms with E-state index >= 15 is 0 Å². The minimum atomic E-state index is 1.12. The number of hydrogen-bond donors (Lipinski definition) is 0. The molecule has 0 spiro atoms. The molecule has 6 aromatic rings. The van der Waals surface area contributed by atoms with Gasteiger partial charge in [-0.15, -0.1) is 0 Å². The average Bonchev–Trinajstić information content (AvgIpc) is 2.98. The predicted molar refractivity (Wildman–Crippen MR) is 164 cm³/mol. The summed E-state index contributed by atoms with van der Waals surface area (Å²) in [6, 6.07) is 49.8. The second kappa shape index (κ2) is 10.2. The van der Waals surface area contributed by atoms with Gasteiger partial charge in [0, 0.05) is 17.1 Å². The third-order valence-corrected chi connectivity index (χ3v) is 7.14. The quantitative estimate of drug-likeness (QED) is 0.226. The first kappa shape index (κ1) is 23.5. The molecule has 38 heavy (non-hydrogen) atoms. The van der Waals surface area contributed by atoms with Crippen LogP contribution >= 0.6 is 0 Å². The Hall–Kier alpha value is -4.88. The van der Waals surface area contributed by atoms with Crippen LogP contribution in [0.3, 0.4) is 0 Å². The van der Waals surface area contributed by atoms with Crippen molar-refractivity contribution in [2.45, 2.75) is 6.92 Å². The Balaban J connectivity index is 1.39. The van der Waals surface area contributed by atoms with Crippen LogP contribution in [0.15, 0.2) is 146 Å². The second-order valence-electron chi connectivity index (χ2n) is 9.58. The fourth-order valence-electron chi connectivity index (χ4n) is 5.12. The average molecular weight is 488 g/mol. The molecule has 0 aromatic heterocycles. The number of hydrogen-bond acceptors (Lipinski definition) is 1. The van der Waals surface area contributed by atoms with E-state index in [1.807, 2.05) is 6.08 Å². The first-order chi connectivity index (χ1) is 18.7. The molecule has 0 atom stereocenters. The van der Waals surface area contributed by atoms with E-state index in [9.17, 15) is 0 Å². The topological polar surface area (TPSA) is 3.24 Å². The van der Waals surface area contributed by atoms with E-state index in [-0.39, 0.29) is 0 Å². The van der Waals surface area contributed by atoms with Crippen LogP contribution in [0.5, 0.6) is 0 Å². The third kappa shape index (κ3) is 4.51. The van der Waals surface area contributed by atoms with Crippen LogP contribution in [0.25, 0.3) is 39.1 Å².